The molecule has 0 spiro atoms. The predicted molar refractivity (Wildman–Crippen MR) is 55.8 cm³/mol. The first-order valence-corrected chi connectivity index (χ1v) is 5.20. The molecule has 0 aliphatic rings. The Bertz CT molecular complexity index is 331. The standard InChI is InChI=1S/C11H17NO3/c1-4-5-6-14-7-10-12-8(2)11(15-10)9(3)13/h4-7H2,1-3H3. The van der Waals surface area contributed by atoms with Gasteiger partial charge in [-0.3, -0.25) is 4.79 Å². The molecule has 15 heavy (non-hydrogen) atoms. The summed E-state index contributed by atoms with van der Waals surface area (Å²) in [5, 5.41) is 0. The SMILES string of the molecule is CCCCOCc1nc(C)c(C(C)=O)o1. The molecule has 0 atom stereocenters. The lowest BCUT2D eigenvalue weighted by molar-refractivity contribution is 0.0924. The van der Waals surface area contributed by atoms with Crippen molar-refractivity contribution in [1.82, 2.24) is 4.98 Å². The minimum absolute atomic E-state index is 0.0974. The monoisotopic (exact) mass is 211 g/mol. The van der Waals surface area contributed by atoms with E-state index in [4.69, 9.17) is 9.15 Å². The highest BCUT2D eigenvalue weighted by atomic mass is 16.5. The lowest BCUT2D eigenvalue weighted by atomic mass is 10.3. The summed E-state index contributed by atoms with van der Waals surface area (Å²) in [6.45, 7) is 6.37. The summed E-state index contributed by atoms with van der Waals surface area (Å²) in [4.78, 5) is 15.2. The summed E-state index contributed by atoms with van der Waals surface area (Å²) in [6, 6.07) is 0. The van der Waals surface area contributed by atoms with Gasteiger partial charge in [0.1, 0.15) is 6.61 Å². The van der Waals surface area contributed by atoms with Gasteiger partial charge >= 0.3 is 0 Å². The van der Waals surface area contributed by atoms with E-state index >= 15 is 0 Å². The molecule has 0 aromatic carbocycles. The van der Waals surface area contributed by atoms with Crippen LogP contribution in [-0.2, 0) is 11.3 Å². The van der Waals surface area contributed by atoms with Gasteiger partial charge in [0, 0.05) is 13.5 Å². The highest BCUT2D eigenvalue weighted by Gasteiger charge is 2.12. The van der Waals surface area contributed by atoms with Gasteiger partial charge in [-0.05, 0) is 13.3 Å². The molecule has 0 saturated carbocycles. The molecule has 0 amide bonds. The van der Waals surface area contributed by atoms with E-state index in [-0.39, 0.29) is 5.78 Å². The molecule has 1 rings (SSSR count). The van der Waals surface area contributed by atoms with E-state index in [0.29, 0.717) is 30.6 Å². The van der Waals surface area contributed by atoms with Crippen molar-refractivity contribution < 1.29 is 13.9 Å². The number of carbonyl (C=O) groups is 1. The van der Waals surface area contributed by atoms with Crippen molar-refractivity contribution in [3.8, 4) is 0 Å². The maximum atomic E-state index is 11.1. The number of aryl methyl sites for hydroxylation is 1. The molecule has 0 bridgehead atoms. The van der Waals surface area contributed by atoms with Crippen molar-refractivity contribution in [3.63, 3.8) is 0 Å². The van der Waals surface area contributed by atoms with Crippen LogP contribution in [0.5, 0.6) is 0 Å². The molecular formula is C11H17NO3. The number of hydrogen-bond acceptors (Lipinski definition) is 4. The van der Waals surface area contributed by atoms with Crippen molar-refractivity contribution in [2.24, 2.45) is 0 Å². The number of hydrogen-bond donors (Lipinski definition) is 0. The first-order valence-electron chi connectivity index (χ1n) is 5.20. The molecule has 0 radical (unpaired) electrons. The van der Waals surface area contributed by atoms with E-state index in [0.717, 1.165) is 12.8 Å². The van der Waals surface area contributed by atoms with Crippen LogP contribution in [0.25, 0.3) is 0 Å². The van der Waals surface area contributed by atoms with Crippen LogP contribution in [0.2, 0.25) is 0 Å². The van der Waals surface area contributed by atoms with Gasteiger partial charge in [-0.25, -0.2) is 4.98 Å². The van der Waals surface area contributed by atoms with Crippen molar-refractivity contribution in [3.05, 3.63) is 17.3 Å². The zero-order valence-corrected chi connectivity index (χ0v) is 9.50. The number of unbranched alkanes of at least 4 members (excludes halogenated alkanes) is 1. The predicted octanol–water partition coefficient (Wildman–Crippen LogP) is 2.50. The van der Waals surface area contributed by atoms with Crippen molar-refractivity contribution in [2.75, 3.05) is 6.61 Å². The number of rotatable bonds is 6. The number of Topliss-reactive ketones (excluding diaryl/α,β-unsaturated/α-hetero) is 1. The van der Waals surface area contributed by atoms with Crippen molar-refractivity contribution >= 4 is 5.78 Å². The van der Waals surface area contributed by atoms with Crippen molar-refractivity contribution in [2.45, 2.75) is 40.2 Å². The minimum Gasteiger partial charge on any atom is -0.435 e. The minimum atomic E-state index is -0.0974. The third-order valence-electron chi connectivity index (χ3n) is 2.03. The second kappa shape index (κ2) is 5.66. The molecule has 0 fully saturated rings. The lowest BCUT2D eigenvalue weighted by Crippen LogP contribution is -1.95. The zero-order valence-electron chi connectivity index (χ0n) is 9.50. The molecule has 1 aromatic rings. The number of aromatic nitrogens is 1. The quantitative estimate of drug-likeness (QED) is 0.536. The van der Waals surface area contributed by atoms with Crippen LogP contribution in [0, 0.1) is 6.92 Å². The Balaban J connectivity index is 2.48. The van der Waals surface area contributed by atoms with Crippen LogP contribution >= 0.6 is 0 Å². The average molecular weight is 211 g/mol. The number of ketones is 1. The Hall–Kier alpha value is -1.16. The fourth-order valence-corrected chi connectivity index (χ4v) is 1.25. The van der Waals surface area contributed by atoms with E-state index < -0.39 is 0 Å². The number of ether oxygens (including phenoxy) is 1. The Morgan fingerprint density at radius 2 is 2.27 bits per heavy atom. The highest BCUT2D eigenvalue weighted by Crippen LogP contribution is 2.11. The van der Waals surface area contributed by atoms with Gasteiger partial charge < -0.3 is 9.15 Å². The van der Waals surface area contributed by atoms with Gasteiger partial charge in [-0.1, -0.05) is 13.3 Å². The molecule has 1 heterocycles. The van der Waals surface area contributed by atoms with Gasteiger partial charge in [0.15, 0.2) is 11.5 Å². The van der Waals surface area contributed by atoms with Gasteiger partial charge in [0.05, 0.1) is 5.69 Å². The van der Waals surface area contributed by atoms with Crippen LogP contribution in [0.1, 0.15) is 48.8 Å². The molecule has 0 aliphatic heterocycles. The van der Waals surface area contributed by atoms with Crippen LogP contribution in [0.4, 0.5) is 0 Å². The molecular weight excluding hydrogens is 194 g/mol. The topological polar surface area (TPSA) is 52.3 Å². The fourth-order valence-electron chi connectivity index (χ4n) is 1.25. The van der Waals surface area contributed by atoms with Gasteiger partial charge in [-0.2, -0.15) is 0 Å². The van der Waals surface area contributed by atoms with Crippen LogP contribution in [0.3, 0.4) is 0 Å². The second-order valence-corrected chi connectivity index (χ2v) is 3.48. The Labute approximate surface area is 89.6 Å². The summed E-state index contributed by atoms with van der Waals surface area (Å²) in [5.41, 5.74) is 0.636. The Morgan fingerprint density at radius 1 is 1.53 bits per heavy atom. The highest BCUT2D eigenvalue weighted by molar-refractivity contribution is 5.92. The third-order valence-corrected chi connectivity index (χ3v) is 2.03. The molecule has 0 aliphatic carbocycles. The van der Waals surface area contributed by atoms with Gasteiger partial charge in [0.2, 0.25) is 5.89 Å². The molecule has 4 nitrogen and oxygen atoms in total. The maximum absolute atomic E-state index is 11.1. The van der Waals surface area contributed by atoms with E-state index in [1.165, 1.54) is 6.92 Å². The first-order chi connectivity index (χ1) is 7.15. The number of nitrogens with zero attached hydrogens (tertiary/aromatic N) is 1. The average Bonchev–Trinajstić information content (AvgIpc) is 2.55. The summed E-state index contributed by atoms with van der Waals surface area (Å²) in [6.07, 6.45) is 2.13. The zero-order chi connectivity index (χ0) is 11.3. The lowest BCUT2D eigenvalue weighted by Gasteiger charge is -1.98. The van der Waals surface area contributed by atoms with Gasteiger partial charge in [0.25, 0.3) is 0 Å². The van der Waals surface area contributed by atoms with E-state index in [9.17, 15) is 4.79 Å². The second-order valence-electron chi connectivity index (χ2n) is 3.48. The summed E-state index contributed by atoms with van der Waals surface area (Å²) >= 11 is 0. The summed E-state index contributed by atoms with van der Waals surface area (Å²) in [5.74, 6) is 0.720. The Kier molecular flexibility index (Phi) is 4.49. The number of oxazole rings is 1. The van der Waals surface area contributed by atoms with E-state index in [1.54, 1.807) is 6.92 Å². The maximum Gasteiger partial charge on any atom is 0.221 e. The fraction of sp³-hybridized carbons (Fsp3) is 0.636. The first kappa shape index (κ1) is 11.9. The van der Waals surface area contributed by atoms with E-state index in [2.05, 4.69) is 11.9 Å². The smallest absolute Gasteiger partial charge is 0.221 e. The molecule has 0 saturated heterocycles. The van der Waals surface area contributed by atoms with Crippen LogP contribution in [-0.4, -0.2) is 17.4 Å². The Morgan fingerprint density at radius 3 is 2.80 bits per heavy atom. The molecule has 1 aromatic heterocycles. The molecule has 4 heteroatoms. The molecule has 84 valence electrons. The van der Waals surface area contributed by atoms with Crippen LogP contribution < -0.4 is 0 Å². The summed E-state index contributed by atoms with van der Waals surface area (Å²) < 4.78 is 10.6. The summed E-state index contributed by atoms with van der Waals surface area (Å²) in [7, 11) is 0. The largest absolute Gasteiger partial charge is 0.435 e. The third kappa shape index (κ3) is 3.47. The molecule has 0 N–H and O–H groups in total. The van der Waals surface area contributed by atoms with Gasteiger partial charge in [-0.15, -0.1) is 0 Å². The van der Waals surface area contributed by atoms with Crippen molar-refractivity contribution in [1.29, 1.82) is 0 Å². The number of carbonyl (C=O) groups excluding carboxylic acids is 1. The van der Waals surface area contributed by atoms with E-state index in [1.807, 2.05) is 0 Å². The molecule has 0 unspecified atom stereocenters. The normalized spacial score (nSPS) is 10.6. The van der Waals surface area contributed by atoms with Crippen LogP contribution in [0.15, 0.2) is 4.42 Å².